The monoisotopic (exact) mass is 588 g/mol. The zero-order chi connectivity index (χ0) is 29.2. The van der Waals surface area contributed by atoms with Crippen LogP contribution in [0.3, 0.4) is 0 Å². The van der Waals surface area contributed by atoms with Crippen LogP contribution in [0.4, 0.5) is 5.69 Å². The average molecular weight is 589 g/mol. The molecule has 0 unspecified atom stereocenters. The molecule has 2 aromatic carbocycles. The average Bonchev–Trinajstić information content (AvgIpc) is 3.21. The third kappa shape index (κ3) is 6.25. The maximum Gasteiger partial charge on any atom is 0.308 e. The zero-order valence-electron chi connectivity index (χ0n) is 23.1. The molecule has 11 heteroatoms. The van der Waals surface area contributed by atoms with E-state index < -0.39 is 23.6 Å². The Morgan fingerprint density at radius 3 is 2.60 bits per heavy atom. The number of para-hydroxylation sites is 1. The minimum Gasteiger partial charge on any atom is -0.493 e. The van der Waals surface area contributed by atoms with Crippen LogP contribution >= 0.6 is 22.9 Å². The van der Waals surface area contributed by atoms with Crippen molar-refractivity contribution in [1.82, 2.24) is 4.98 Å². The van der Waals surface area contributed by atoms with Crippen molar-refractivity contribution in [2.75, 3.05) is 32.3 Å². The minimum atomic E-state index is -0.982. The smallest absolute Gasteiger partial charge is 0.308 e. The topological polar surface area (TPSA) is 118 Å². The number of benzene rings is 2. The van der Waals surface area contributed by atoms with E-state index in [4.69, 9.17) is 25.8 Å². The predicted molar refractivity (Wildman–Crippen MR) is 153 cm³/mol. The molecule has 0 saturated heterocycles. The Hall–Kier alpha value is -3.18. The van der Waals surface area contributed by atoms with Gasteiger partial charge in [0.15, 0.2) is 11.5 Å². The fourth-order valence-corrected chi connectivity index (χ4v) is 6.01. The van der Waals surface area contributed by atoms with Gasteiger partial charge >= 0.3 is 5.97 Å². The van der Waals surface area contributed by atoms with E-state index in [0.717, 1.165) is 0 Å². The Balaban J connectivity index is 1.88. The number of thiazole rings is 1. The largest absolute Gasteiger partial charge is 0.493 e. The number of carbonyl (C=O) groups excluding carboxylic acids is 1. The van der Waals surface area contributed by atoms with Gasteiger partial charge in [0.25, 0.3) is 5.91 Å². The van der Waals surface area contributed by atoms with Crippen molar-refractivity contribution in [3.05, 3.63) is 68.1 Å². The molecule has 1 aliphatic heterocycles. The van der Waals surface area contributed by atoms with Gasteiger partial charge < -0.3 is 29.3 Å². The Kier molecular flexibility index (Phi) is 9.04. The number of nitrogens with zero attached hydrogens (tertiary/aromatic N) is 2. The van der Waals surface area contributed by atoms with E-state index in [1.54, 1.807) is 43.2 Å². The van der Waals surface area contributed by atoms with Crippen molar-refractivity contribution < 1.29 is 34.0 Å². The highest BCUT2D eigenvalue weighted by Crippen LogP contribution is 2.45. The van der Waals surface area contributed by atoms with Gasteiger partial charge in [-0.1, -0.05) is 37.6 Å². The molecule has 40 heavy (non-hydrogen) atoms. The number of aliphatic carboxylic acids is 1. The predicted octanol–water partition coefficient (Wildman–Crippen LogP) is 4.83. The molecule has 0 aliphatic carbocycles. The number of rotatable bonds is 10. The molecule has 2 heterocycles. The summed E-state index contributed by atoms with van der Waals surface area (Å²) in [5.74, 6) is -0.284. The number of carbonyl (C=O) groups is 2. The Morgan fingerprint density at radius 1 is 1.20 bits per heavy atom. The number of aryl methyl sites for hydroxylation is 1. The Morgan fingerprint density at radius 2 is 1.95 bits per heavy atom. The number of ether oxygens (including phenoxy) is 3. The molecular formula is C29H33ClN2O7S. The molecule has 1 amide bonds. The number of aliphatic hydroxyl groups is 1. The lowest BCUT2D eigenvalue weighted by atomic mass is 9.92. The number of aromatic nitrogens is 1. The van der Waals surface area contributed by atoms with Gasteiger partial charge in [0.1, 0.15) is 12.2 Å². The summed E-state index contributed by atoms with van der Waals surface area (Å²) in [5.41, 5.74) is 1.91. The molecule has 2 N–H and O–H groups in total. The van der Waals surface area contributed by atoms with E-state index in [2.05, 4.69) is 4.98 Å². The summed E-state index contributed by atoms with van der Waals surface area (Å²) in [6.07, 6.45) is -1.77. The number of aliphatic hydroxyl groups excluding tert-OH is 1. The van der Waals surface area contributed by atoms with Gasteiger partial charge in [0, 0.05) is 51.7 Å². The second kappa shape index (κ2) is 12.1. The second-order valence-corrected chi connectivity index (χ2v) is 12.0. The number of carboxylic acids is 1. The van der Waals surface area contributed by atoms with Crippen molar-refractivity contribution in [1.29, 1.82) is 0 Å². The van der Waals surface area contributed by atoms with Gasteiger partial charge in [-0.05, 0) is 31.2 Å². The highest BCUT2D eigenvalue weighted by molar-refractivity contribution is 7.11. The Bertz CT molecular complexity index is 1410. The van der Waals surface area contributed by atoms with E-state index in [0.29, 0.717) is 48.9 Å². The first-order valence-corrected chi connectivity index (χ1v) is 13.9. The quantitative estimate of drug-likeness (QED) is 0.346. The second-order valence-electron chi connectivity index (χ2n) is 10.4. The molecule has 9 nitrogen and oxygen atoms in total. The van der Waals surface area contributed by atoms with Crippen LogP contribution in [-0.2, 0) is 27.2 Å². The number of hydrogen-bond donors (Lipinski definition) is 2. The summed E-state index contributed by atoms with van der Waals surface area (Å²) in [6.45, 7) is 5.59. The number of amides is 1. The first-order chi connectivity index (χ1) is 19.0. The van der Waals surface area contributed by atoms with Gasteiger partial charge in [-0.15, -0.1) is 11.3 Å². The van der Waals surface area contributed by atoms with E-state index in [-0.39, 0.29) is 31.9 Å². The van der Waals surface area contributed by atoms with Crippen molar-refractivity contribution in [2.45, 2.75) is 45.8 Å². The van der Waals surface area contributed by atoms with E-state index in [1.807, 2.05) is 26.0 Å². The van der Waals surface area contributed by atoms with Crippen LogP contribution in [0, 0.1) is 12.3 Å². The Labute approximate surface area is 242 Å². The summed E-state index contributed by atoms with van der Waals surface area (Å²) in [7, 11) is 3.09. The van der Waals surface area contributed by atoms with E-state index in [9.17, 15) is 19.8 Å². The number of anilines is 1. The van der Waals surface area contributed by atoms with Crippen LogP contribution in [0.1, 0.15) is 46.7 Å². The van der Waals surface area contributed by atoms with Gasteiger partial charge in [0.05, 0.1) is 31.3 Å². The molecule has 4 rings (SSSR count). The molecular weight excluding hydrogens is 556 g/mol. The van der Waals surface area contributed by atoms with Gasteiger partial charge in [-0.2, -0.15) is 0 Å². The van der Waals surface area contributed by atoms with Crippen molar-refractivity contribution >= 4 is 40.5 Å². The number of carboxylic acid groups (broad SMARTS) is 1. The highest BCUT2D eigenvalue weighted by Gasteiger charge is 2.40. The molecule has 0 saturated carbocycles. The first kappa shape index (κ1) is 29.8. The molecule has 0 radical (unpaired) electrons. The summed E-state index contributed by atoms with van der Waals surface area (Å²) >= 11 is 7.73. The lowest BCUT2D eigenvalue weighted by molar-refractivity contribution is -0.136. The first-order valence-electron chi connectivity index (χ1n) is 12.7. The lowest BCUT2D eigenvalue weighted by Crippen LogP contribution is -2.45. The SMILES string of the molecule is COc1cccc([C@H]2O[C@H](Cc3nc(C)c(CC(=O)O)s3)C(=O)N(CC(C)(C)CO)c3ccc(Cl)cc32)c1OC. The zero-order valence-corrected chi connectivity index (χ0v) is 24.6. The third-order valence-electron chi connectivity index (χ3n) is 6.74. The van der Waals surface area contributed by atoms with Gasteiger partial charge in [-0.3, -0.25) is 9.59 Å². The van der Waals surface area contributed by atoms with Crippen LogP contribution in [0.15, 0.2) is 36.4 Å². The van der Waals surface area contributed by atoms with Crippen molar-refractivity contribution in [3.63, 3.8) is 0 Å². The maximum atomic E-state index is 14.2. The number of methoxy groups -OCH3 is 2. The highest BCUT2D eigenvalue weighted by atomic mass is 35.5. The lowest BCUT2D eigenvalue weighted by Gasteiger charge is -2.32. The maximum absolute atomic E-state index is 14.2. The van der Waals surface area contributed by atoms with Crippen molar-refractivity contribution in [2.24, 2.45) is 5.41 Å². The summed E-state index contributed by atoms with van der Waals surface area (Å²) in [4.78, 5) is 32.4. The fourth-order valence-electron chi connectivity index (χ4n) is 4.74. The molecule has 214 valence electrons. The summed E-state index contributed by atoms with van der Waals surface area (Å²) in [5, 5.41) is 20.4. The van der Waals surface area contributed by atoms with E-state index in [1.165, 1.54) is 18.4 Å². The molecule has 0 bridgehead atoms. The van der Waals surface area contributed by atoms with Crippen LogP contribution in [0.2, 0.25) is 5.02 Å². The molecule has 1 aromatic heterocycles. The van der Waals surface area contributed by atoms with Crippen LogP contribution < -0.4 is 14.4 Å². The summed E-state index contributed by atoms with van der Waals surface area (Å²) < 4.78 is 17.9. The van der Waals surface area contributed by atoms with Gasteiger partial charge in [-0.25, -0.2) is 4.98 Å². The standard InChI is InChI=1S/C29H33ClN2O7S/c1-16-23(13-25(34)35)40-24(31-16)12-22-28(36)32(14-29(2,3)15-33)20-10-9-17(30)11-19(20)26(39-22)18-7-6-8-21(37-4)27(18)38-5/h6-11,22,26,33H,12-15H2,1-5H3,(H,34,35)/t22-,26-/m1/s1. The van der Waals surface area contributed by atoms with Crippen LogP contribution in [0.5, 0.6) is 11.5 Å². The normalized spacial score (nSPS) is 17.4. The molecule has 2 atom stereocenters. The number of fused-ring (bicyclic) bond motifs is 1. The fraction of sp³-hybridized carbons (Fsp3) is 0.414. The van der Waals surface area contributed by atoms with Crippen LogP contribution in [0.25, 0.3) is 0 Å². The molecule has 1 aliphatic rings. The van der Waals surface area contributed by atoms with Crippen LogP contribution in [-0.4, -0.2) is 60.5 Å². The number of hydrogen-bond acceptors (Lipinski definition) is 8. The minimum absolute atomic E-state index is 0.129. The number of halogens is 1. The molecule has 3 aromatic rings. The summed E-state index contributed by atoms with van der Waals surface area (Å²) in [6, 6.07) is 10.7. The molecule has 0 fully saturated rings. The molecule has 0 spiro atoms. The van der Waals surface area contributed by atoms with Gasteiger partial charge in [0.2, 0.25) is 0 Å². The van der Waals surface area contributed by atoms with Crippen molar-refractivity contribution in [3.8, 4) is 11.5 Å². The van der Waals surface area contributed by atoms with E-state index >= 15 is 0 Å². The third-order valence-corrected chi connectivity index (χ3v) is 8.16.